The summed E-state index contributed by atoms with van der Waals surface area (Å²) in [7, 11) is 0. The van der Waals surface area contributed by atoms with Crippen LogP contribution in [0.25, 0.3) is 0 Å². The van der Waals surface area contributed by atoms with Crippen LogP contribution in [0.1, 0.15) is 32.3 Å². The number of halogens is 1. The first-order valence-electron chi connectivity index (χ1n) is 6.87. The number of benzene rings is 1. The third kappa shape index (κ3) is 4.08. The molecule has 1 saturated heterocycles. The van der Waals surface area contributed by atoms with E-state index in [9.17, 15) is 0 Å². The second-order valence-electron chi connectivity index (χ2n) is 5.41. The summed E-state index contributed by atoms with van der Waals surface area (Å²) in [5, 5.41) is 3.68. The van der Waals surface area contributed by atoms with Gasteiger partial charge >= 0.3 is 0 Å². The fraction of sp³-hybridized carbons (Fsp3) is 0.600. The third-order valence-electron chi connectivity index (χ3n) is 3.74. The van der Waals surface area contributed by atoms with E-state index >= 15 is 0 Å². The van der Waals surface area contributed by atoms with Crippen LogP contribution in [0.4, 0.5) is 0 Å². The molecule has 1 aromatic carbocycles. The first-order chi connectivity index (χ1) is 8.65. The molecule has 0 spiro atoms. The predicted molar refractivity (Wildman–Crippen MR) is 80.7 cm³/mol. The van der Waals surface area contributed by atoms with Gasteiger partial charge in [0.2, 0.25) is 0 Å². The van der Waals surface area contributed by atoms with Crippen molar-refractivity contribution >= 4 is 15.9 Å². The molecule has 100 valence electrons. The summed E-state index contributed by atoms with van der Waals surface area (Å²) in [4.78, 5) is 2.57. The smallest absolute Gasteiger partial charge is 0.0208 e. The van der Waals surface area contributed by atoms with Crippen molar-refractivity contribution in [2.45, 2.75) is 45.3 Å². The molecule has 0 atom stereocenters. The molecule has 0 amide bonds. The van der Waals surface area contributed by atoms with Crippen LogP contribution in [0, 0.1) is 0 Å². The second-order valence-corrected chi connectivity index (χ2v) is 6.33. The molecule has 18 heavy (non-hydrogen) atoms. The molecule has 2 nitrogen and oxygen atoms in total. The van der Waals surface area contributed by atoms with Gasteiger partial charge in [0.05, 0.1) is 0 Å². The van der Waals surface area contributed by atoms with Gasteiger partial charge in [-0.25, -0.2) is 0 Å². The van der Waals surface area contributed by atoms with Gasteiger partial charge in [-0.3, -0.25) is 0 Å². The molecule has 0 aromatic heterocycles. The Kier molecular flexibility index (Phi) is 5.22. The number of nitrogens with one attached hydrogen (secondary N) is 1. The number of hydrogen-bond donors (Lipinski definition) is 1. The molecule has 1 N–H and O–H groups in total. The van der Waals surface area contributed by atoms with E-state index in [1.165, 1.54) is 31.5 Å². The highest BCUT2D eigenvalue weighted by atomic mass is 79.9. The minimum atomic E-state index is 0.680. The van der Waals surface area contributed by atoms with Crippen molar-refractivity contribution in [2.24, 2.45) is 0 Å². The zero-order valence-electron chi connectivity index (χ0n) is 11.3. The van der Waals surface area contributed by atoms with Crippen LogP contribution in [-0.4, -0.2) is 30.1 Å². The maximum atomic E-state index is 3.68. The van der Waals surface area contributed by atoms with E-state index < -0.39 is 0 Å². The molecule has 1 heterocycles. The van der Waals surface area contributed by atoms with E-state index in [0.29, 0.717) is 12.1 Å². The SMILES string of the molecule is CC(C)N1CCC(NCc2cccc(Br)c2)CC1. The molecule has 3 heteroatoms. The summed E-state index contributed by atoms with van der Waals surface area (Å²) in [5.74, 6) is 0. The summed E-state index contributed by atoms with van der Waals surface area (Å²) in [6, 6.07) is 9.92. The van der Waals surface area contributed by atoms with Crippen molar-refractivity contribution in [1.82, 2.24) is 10.2 Å². The van der Waals surface area contributed by atoms with Gasteiger partial charge in [0, 0.05) is 23.1 Å². The lowest BCUT2D eigenvalue weighted by molar-refractivity contribution is 0.161. The number of hydrogen-bond acceptors (Lipinski definition) is 2. The van der Waals surface area contributed by atoms with Crippen LogP contribution in [0.3, 0.4) is 0 Å². The minimum absolute atomic E-state index is 0.680. The van der Waals surface area contributed by atoms with Gasteiger partial charge in [-0.05, 0) is 57.5 Å². The molecule has 2 rings (SSSR count). The van der Waals surface area contributed by atoms with E-state index in [1.54, 1.807) is 0 Å². The van der Waals surface area contributed by atoms with Crippen LogP contribution in [0.15, 0.2) is 28.7 Å². The van der Waals surface area contributed by atoms with Crippen LogP contribution in [0.2, 0.25) is 0 Å². The zero-order chi connectivity index (χ0) is 13.0. The molecular formula is C15H23BrN2. The number of likely N-dealkylation sites (tertiary alicyclic amines) is 1. The van der Waals surface area contributed by atoms with Crippen molar-refractivity contribution in [3.63, 3.8) is 0 Å². The molecule has 1 fully saturated rings. The monoisotopic (exact) mass is 310 g/mol. The molecule has 0 saturated carbocycles. The van der Waals surface area contributed by atoms with E-state index in [2.05, 4.69) is 64.3 Å². The molecule has 1 aliphatic heterocycles. The largest absolute Gasteiger partial charge is 0.310 e. The molecule has 1 aromatic rings. The summed E-state index contributed by atoms with van der Waals surface area (Å²) in [6.07, 6.45) is 2.54. The normalized spacial score (nSPS) is 18.4. The summed E-state index contributed by atoms with van der Waals surface area (Å²) in [6.45, 7) is 8.01. The maximum absolute atomic E-state index is 3.68. The van der Waals surface area contributed by atoms with Crippen molar-refractivity contribution in [1.29, 1.82) is 0 Å². The van der Waals surface area contributed by atoms with Crippen molar-refractivity contribution < 1.29 is 0 Å². The van der Waals surface area contributed by atoms with E-state index in [1.807, 2.05) is 0 Å². The lowest BCUT2D eigenvalue weighted by Crippen LogP contribution is -2.44. The standard InChI is InChI=1S/C15H23BrN2/c1-12(2)18-8-6-15(7-9-18)17-11-13-4-3-5-14(16)10-13/h3-5,10,12,15,17H,6-9,11H2,1-2H3. The quantitative estimate of drug-likeness (QED) is 0.917. The van der Waals surface area contributed by atoms with Crippen molar-refractivity contribution in [3.8, 4) is 0 Å². The van der Waals surface area contributed by atoms with Gasteiger partial charge in [-0.2, -0.15) is 0 Å². The first kappa shape index (κ1) is 14.0. The highest BCUT2D eigenvalue weighted by Gasteiger charge is 2.20. The molecule has 0 radical (unpaired) electrons. The Morgan fingerprint density at radius 3 is 2.67 bits per heavy atom. The molecule has 0 bridgehead atoms. The van der Waals surface area contributed by atoms with Gasteiger partial charge < -0.3 is 10.2 Å². The molecular weight excluding hydrogens is 288 g/mol. The number of piperidine rings is 1. The summed E-state index contributed by atoms with van der Waals surface area (Å²) < 4.78 is 1.16. The maximum Gasteiger partial charge on any atom is 0.0208 e. The Morgan fingerprint density at radius 2 is 2.06 bits per heavy atom. The highest BCUT2D eigenvalue weighted by molar-refractivity contribution is 9.10. The Balaban J connectivity index is 1.75. The predicted octanol–water partition coefficient (Wildman–Crippen LogP) is 3.41. The van der Waals surface area contributed by atoms with Gasteiger partial charge in [0.1, 0.15) is 0 Å². The van der Waals surface area contributed by atoms with Crippen LogP contribution in [-0.2, 0) is 6.54 Å². The van der Waals surface area contributed by atoms with Crippen molar-refractivity contribution in [2.75, 3.05) is 13.1 Å². The van der Waals surface area contributed by atoms with Gasteiger partial charge in [-0.15, -0.1) is 0 Å². The second kappa shape index (κ2) is 6.69. The summed E-state index contributed by atoms with van der Waals surface area (Å²) >= 11 is 3.52. The fourth-order valence-electron chi connectivity index (χ4n) is 2.53. The fourth-order valence-corrected chi connectivity index (χ4v) is 2.98. The lowest BCUT2D eigenvalue weighted by atomic mass is 10.0. The van der Waals surface area contributed by atoms with Crippen molar-refractivity contribution in [3.05, 3.63) is 34.3 Å². The number of rotatable bonds is 4. The van der Waals surface area contributed by atoms with E-state index in [4.69, 9.17) is 0 Å². The van der Waals surface area contributed by atoms with Gasteiger partial charge in [-0.1, -0.05) is 28.1 Å². The zero-order valence-corrected chi connectivity index (χ0v) is 12.9. The Morgan fingerprint density at radius 1 is 1.33 bits per heavy atom. The van der Waals surface area contributed by atoms with Crippen LogP contribution >= 0.6 is 15.9 Å². The Bertz CT molecular complexity index is 371. The van der Waals surface area contributed by atoms with E-state index in [-0.39, 0.29) is 0 Å². The topological polar surface area (TPSA) is 15.3 Å². The number of nitrogens with zero attached hydrogens (tertiary/aromatic N) is 1. The van der Waals surface area contributed by atoms with Gasteiger partial charge in [0.25, 0.3) is 0 Å². The molecule has 0 aliphatic carbocycles. The third-order valence-corrected chi connectivity index (χ3v) is 4.24. The Labute approximate surface area is 119 Å². The summed E-state index contributed by atoms with van der Waals surface area (Å²) in [5.41, 5.74) is 1.36. The average Bonchev–Trinajstić information content (AvgIpc) is 2.37. The van der Waals surface area contributed by atoms with Gasteiger partial charge in [0.15, 0.2) is 0 Å². The minimum Gasteiger partial charge on any atom is -0.310 e. The molecule has 0 unspecified atom stereocenters. The van der Waals surface area contributed by atoms with Crippen LogP contribution in [0.5, 0.6) is 0 Å². The average molecular weight is 311 g/mol. The lowest BCUT2D eigenvalue weighted by Gasteiger charge is -2.35. The van der Waals surface area contributed by atoms with Crippen LogP contribution < -0.4 is 5.32 Å². The highest BCUT2D eigenvalue weighted by Crippen LogP contribution is 2.15. The molecule has 1 aliphatic rings. The first-order valence-corrected chi connectivity index (χ1v) is 7.66. The van der Waals surface area contributed by atoms with E-state index in [0.717, 1.165) is 11.0 Å². The Hall–Kier alpha value is -0.380.